The fraction of sp³-hybridized carbons (Fsp3) is 0.312. The van der Waals surface area contributed by atoms with Crippen molar-refractivity contribution >= 4 is 5.82 Å². The Morgan fingerprint density at radius 2 is 1.75 bits per heavy atom. The van der Waals surface area contributed by atoms with Crippen molar-refractivity contribution in [1.82, 2.24) is 4.98 Å². The first-order chi connectivity index (χ1) is 9.81. The number of aromatic nitrogens is 1. The van der Waals surface area contributed by atoms with Crippen LogP contribution < -0.4 is 14.8 Å². The van der Waals surface area contributed by atoms with Crippen LogP contribution in [0.15, 0.2) is 42.6 Å². The third-order valence-corrected chi connectivity index (χ3v) is 2.66. The summed E-state index contributed by atoms with van der Waals surface area (Å²) in [6.45, 7) is 5.65. The molecule has 20 heavy (non-hydrogen) atoms. The lowest BCUT2D eigenvalue weighted by Gasteiger charge is -2.09. The third kappa shape index (κ3) is 4.16. The Bertz CT molecular complexity index is 526. The predicted molar refractivity (Wildman–Crippen MR) is 80.7 cm³/mol. The van der Waals surface area contributed by atoms with Crippen LogP contribution >= 0.6 is 0 Å². The zero-order chi connectivity index (χ0) is 14.2. The fourth-order valence-electron chi connectivity index (χ4n) is 1.73. The summed E-state index contributed by atoms with van der Waals surface area (Å²) in [7, 11) is 0. The number of ether oxygens (including phenoxy) is 2. The van der Waals surface area contributed by atoms with E-state index in [4.69, 9.17) is 9.47 Å². The molecule has 0 amide bonds. The van der Waals surface area contributed by atoms with E-state index >= 15 is 0 Å². The molecule has 0 saturated carbocycles. The minimum absolute atomic E-state index is 0.664. The highest BCUT2D eigenvalue weighted by atomic mass is 16.5. The van der Waals surface area contributed by atoms with E-state index in [1.54, 1.807) is 6.20 Å². The molecule has 0 aliphatic carbocycles. The van der Waals surface area contributed by atoms with Gasteiger partial charge in [0.15, 0.2) is 0 Å². The van der Waals surface area contributed by atoms with Gasteiger partial charge >= 0.3 is 0 Å². The van der Waals surface area contributed by atoms with Crippen LogP contribution in [0.4, 0.5) is 5.82 Å². The van der Waals surface area contributed by atoms with Crippen molar-refractivity contribution in [3.63, 3.8) is 0 Å². The quantitative estimate of drug-likeness (QED) is 0.824. The van der Waals surface area contributed by atoms with Gasteiger partial charge in [0.2, 0.25) is 0 Å². The number of rotatable bonds is 7. The molecule has 4 heteroatoms. The molecular formula is C16H20N2O2. The Labute approximate surface area is 119 Å². The molecule has 106 valence electrons. The zero-order valence-corrected chi connectivity index (χ0v) is 11.9. The number of benzene rings is 1. The summed E-state index contributed by atoms with van der Waals surface area (Å²) < 4.78 is 11.2. The first-order valence-corrected chi connectivity index (χ1v) is 6.92. The van der Waals surface area contributed by atoms with Gasteiger partial charge < -0.3 is 14.8 Å². The smallest absolute Gasteiger partial charge is 0.132 e. The summed E-state index contributed by atoms with van der Waals surface area (Å²) in [5.74, 6) is 3.22. The predicted octanol–water partition coefficient (Wildman–Crippen LogP) is 4.09. The van der Waals surface area contributed by atoms with Crippen LogP contribution in [-0.2, 0) is 0 Å². The van der Waals surface area contributed by atoms with Crippen LogP contribution in [0.25, 0.3) is 0 Å². The van der Waals surface area contributed by atoms with Gasteiger partial charge in [-0.05, 0) is 43.7 Å². The number of hydrogen-bond donors (Lipinski definition) is 1. The normalized spacial score (nSPS) is 10.1. The van der Waals surface area contributed by atoms with Gasteiger partial charge in [-0.3, -0.25) is 0 Å². The van der Waals surface area contributed by atoms with E-state index in [-0.39, 0.29) is 0 Å². The molecule has 1 heterocycles. The molecular weight excluding hydrogens is 252 g/mol. The van der Waals surface area contributed by atoms with Gasteiger partial charge in [-0.2, -0.15) is 0 Å². The van der Waals surface area contributed by atoms with Crippen LogP contribution in [0, 0.1) is 0 Å². The van der Waals surface area contributed by atoms with Crippen LogP contribution in [0.3, 0.4) is 0 Å². The summed E-state index contributed by atoms with van der Waals surface area (Å²) in [5, 5.41) is 3.24. The second-order valence-corrected chi connectivity index (χ2v) is 4.31. The van der Waals surface area contributed by atoms with Crippen molar-refractivity contribution in [3.8, 4) is 17.2 Å². The minimum Gasteiger partial charge on any atom is -0.494 e. The van der Waals surface area contributed by atoms with Crippen LogP contribution in [0.2, 0.25) is 0 Å². The molecule has 2 rings (SSSR count). The van der Waals surface area contributed by atoms with E-state index in [1.807, 2.05) is 43.3 Å². The van der Waals surface area contributed by atoms with Crippen molar-refractivity contribution < 1.29 is 9.47 Å². The third-order valence-electron chi connectivity index (χ3n) is 2.66. The van der Waals surface area contributed by atoms with Crippen molar-refractivity contribution in [3.05, 3.63) is 42.6 Å². The van der Waals surface area contributed by atoms with Gasteiger partial charge in [-0.25, -0.2) is 4.98 Å². The molecule has 1 aromatic heterocycles. The maximum Gasteiger partial charge on any atom is 0.132 e. The maximum atomic E-state index is 5.80. The lowest BCUT2D eigenvalue weighted by Crippen LogP contribution is -2.01. The lowest BCUT2D eigenvalue weighted by molar-refractivity contribution is 0.339. The topological polar surface area (TPSA) is 43.4 Å². The first kappa shape index (κ1) is 14.2. The Kier molecular flexibility index (Phi) is 5.24. The second kappa shape index (κ2) is 7.38. The van der Waals surface area contributed by atoms with Gasteiger partial charge in [0.1, 0.15) is 23.1 Å². The van der Waals surface area contributed by atoms with Gasteiger partial charge in [-0.15, -0.1) is 0 Å². The van der Waals surface area contributed by atoms with Crippen molar-refractivity contribution in [2.75, 3.05) is 18.5 Å². The van der Waals surface area contributed by atoms with Crippen molar-refractivity contribution in [1.29, 1.82) is 0 Å². The lowest BCUT2D eigenvalue weighted by atomic mass is 10.3. The molecule has 0 saturated heterocycles. The molecule has 4 nitrogen and oxygen atoms in total. The first-order valence-electron chi connectivity index (χ1n) is 6.92. The molecule has 2 aromatic rings. The van der Waals surface area contributed by atoms with Crippen molar-refractivity contribution in [2.45, 2.75) is 20.3 Å². The Morgan fingerprint density at radius 1 is 1.00 bits per heavy atom. The summed E-state index contributed by atoms with van der Waals surface area (Å²) in [4.78, 5) is 4.25. The molecule has 0 radical (unpaired) electrons. The van der Waals surface area contributed by atoms with E-state index in [0.29, 0.717) is 6.61 Å². The van der Waals surface area contributed by atoms with Crippen LogP contribution in [-0.4, -0.2) is 18.1 Å². The average Bonchev–Trinajstić information content (AvgIpc) is 2.48. The molecule has 0 unspecified atom stereocenters. The maximum absolute atomic E-state index is 5.80. The number of nitrogens with one attached hydrogen (secondary N) is 1. The SMILES string of the molecule is CCCNc1cc(Oc2ccc(OCC)cc2)ccn1. The van der Waals surface area contributed by atoms with Gasteiger partial charge in [0.25, 0.3) is 0 Å². The van der Waals surface area contributed by atoms with Gasteiger partial charge in [0.05, 0.1) is 6.61 Å². The standard InChI is InChI=1S/C16H20N2O2/c1-3-10-17-16-12-15(9-11-18-16)20-14-7-5-13(6-8-14)19-4-2/h5-9,11-12H,3-4,10H2,1-2H3,(H,17,18). The molecule has 1 aromatic carbocycles. The average molecular weight is 272 g/mol. The van der Waals surface area contributed by atoms with Crippen molar-refractivity contribution in [2.24, 2.45) is 0 Å². The van der Waals surface area contributed by atoms with Crippen LogP contribution in [0.1, 0.15) is 20.3 Å². The van der Waals surface area contributed by atoms with Gasteiger partial charge in [-0.1, -0.05) is 6.92 Å². The minimum atomic E-state index is 0.664. The van der Waals surface area contributed by atoms with E-state index in [2.05, 4.69) is 17.2 Å². The molecule has 0 spiro atoms. The van der Waals surface area contributed by atoms with E-state index < -0.39 is 0 Å². The molecule has 0 aliphatic rings. The number of pyridine rings is 1. The summed E-state index contributed by atoms with van der Waals surface area (Å²) in [6, 6.07) is 11.3. The highest BCUT2D eigenvalue weighted by Crippen LogP contribution is 2.24. The zero-order valence-electron chi connectivity index (χ0n) is 11.9. The van der Waals surface area contributed by atoms with E-state index in [9.17, 15) is 0 Å². The summed E-state index contributed by atoms with van der Waals surface area (Å²) in [5.41, 5.74) is 0. The molecule has 0 aliphatic heterocycles. The number of hydrogen-bond acceptors (Lipinski definition) is 4. The highest BCUT2D eigenvalue weighted by molar-refractivity contribution is 5.43. The van der Waals surface area contributed by atoms with Crippen LogP contribution in [0.5, 0.6) is 17.2 Å². The fourth-order valence-corrected chi connectivity index (χ4v) is 1.73. The molecule has 0 bridgehead atoms. The summed E-state index contributed by atoms with van der Waals surface area (Å²) in [6.07, 6.45) is 2.80. The summed E-state index contributed by atoms with van der Waals surface area (Å²) >= 11 is 0. The van der Waals surface area contributed by atoms with E-state index in [0.717, 1.165) is 36.0 Å². The molecule has 1 N–H and O–H groups in total. The monoisotopic (exact) mass is 272 g/mol. The highest BCUT2D eigenvalue weighted by Gasteiger charge is 2.00. The van der Waals surface area contributed by atoms with E-state index in [1.165, 1.54) is 0 Å². The second-order valence-electron chi connectivity index (χ2n) is 4.31. The van der Waals surface area contributed by atoms with Gasteiger partial charge in [0, 0.05) is 18.8 Å². The molecule has 0 atom stereocenters. The Balaban J connectivity index is 2.01. The Hall–Kier alpha value is -2.23. The molecule has 0 fully saturated rings. The number of anilines is 1. The number of nitrogens with zero attached hydrogens (tertiary/aromatic N) is 1. The Morgan fingerprint density at radius 3 is 2.45 bits per heavy atom. The largest absolute Gasteiger partial charge is 0.494 e.